The molecule has 0 bridgehead atoms. The fraction of sp³-hybridized carbons (Fsp3) is 0.600. The molecule has 1 aliphatic rings. The van der Waals surface area contributed by atoms with Crippen molar-refractivity contribution in [3.05, 3.63) is 11.6 Å². The zero-order valence-electron chi connectivity index (χ0n) is 9.14. The molecular formula is C10H14N2O3S. The normalized spacial score (nSPS) is 19.0. The number of nitriles is 1. The molecule has 0 atom stereocenters. The highest BCUT2D eigenvalue weighted by Crippen LogP contribution is 2.18. The van der Waals surface area contributed by atoms with Gasteiger partial charge in [-0.3, -0.25) is 4.28 Å². The molecule has 0 fully saturated rings. The van der Waals surface area contributed by atoms with Crippen molar-refractivity contribution in [1.82, 2.24) is 0 Å². The summed E-state index contributed by atoms with van der Waals surface area (Å²) in [6.45, 7) is 1.49. The molecule has 0 aromatic heterocycles. The number of allylic oxidation sites excluding steroid dienone is 2. The van der Waals surface area contributed by atoms with Gasteiger partial charge < -0.3 is 0 Å². The van der Waals surface area contributed by atoms with Crippen LogP contribution in [0.2, 0.25) is 0 Å². The summed E-state index contributed by atoms with van der Waals surface area (Å²) in [6.07, 6.45) is 4.54. The first-order chi connectivity index (χ1) is 7.57. The molecule has 0 spiro atoms. The Hall–Kier alpha value is -1.35. The Morgan fingerprint density at radius 3 is 2.94 bits per heavy atom. The van der Waals surface area contributed by atoms with Gasteiger partial charge in [0.1, 0.15) is 0 Å². The molecule has 0 N–H and O–H groups in total. The van der Waals surface area contributed by atoms with E-state index in [1.807, 2.05) is 0 Å². The molecule has 0 heterocycles. The summed E-state index contributed by atoms with van der Waals surface area (Å²) in [5.41, 5.74) is 1.57. The summed E-state index contributed by atoms with van der Waals surface area (Å²) in [5.74, 6) is -0.0987. The first-order valence-electron chi connectivity index (χ1n) is 5.12. The predicted molar refractivity (Wildman–Crippen MR) is 60.1 cm³/mol. The Bertz CT molecular complexity index is 443. The van der Waals surface area contributed by atoms with Gasteiger partial charge in [0, 0.05) is 0 Å². The second-order valence-electron chi connectivity index (χ2n) is 3.49. The highest BCUT2D eigenvalue weighted by molar-refractivity contribution is 7.86. The van der Waals surface area contributed by atoms with E-state index in [2.05, 4.69) is 15.5 Å². The van der Waals surface area contributed by atoms with Crippen LogP contribution in [0.5, 0.6) is 0 Å². The van der Waals surface area contributed by atoms with Crippen molar-refractivity contribution < 1.29 is 12.7 Å². The van der Waals surface area contributed by atoms with E-state index < -0.39 is 10.1 Å². The molecule has 88 valence electrons. The topological polar surface area (TPSA) is 79.5 Å². The summed E-state index contributed by atoms with van der Waals surface area (Å²) >= 11 is 0. The van der Waals surface area contributed by atoms with Crippen molar-refractivity contribution >= 4 is 15.8 Å². The van der Waals surface area contributed by atoms with Gasteiger partial charge in [-0.1, -0.05) is 10.7 Å². The second-order valence-corrected chi connectivity index (χ2v) is 5.34. The van der Waals surface area contributed by atoms with Crippen molar-refractivity contribution in [2.45, 2.75) is 32.6 Å². The van der Waals surface area contributed by atoms with Crippen LogP contribution in [0.15, 0.2) is 16.8 Å². The molecule has 0 saturated carbocycles. The maximum atomic E-state index is 11.0. The first-order valence-corrected chi connectivity index (χ1v) is 6.69. The number of hydrogen-bond donors (Lipinski definition) is 0. The maximum Gasteiger partial charge on any atom is 0.328 e. The molecule has 0 aromatic carbocycles. The van der Waals surface area contributed by atoms with Crippen molar-refractivity contribution in [2.75, 3.05) is 5.75 Å². The molecule has 0 aromatic rings. The highest BCUT2D eigenvalue weighted by Gasteiger charge is 2.11. The Morgan fingerprint density at radius 2 is 2.31 bits per heavy atom. The van der Waals surface area contributed by atoms with Crippen LogP contribution in [0, 0.1) is 11.3 Å². The molecule has 0 amide bonds. The van der Waals surface area contributed by atoms with Crippen LogP contribution >= 0.6 is 0 Å². The highest BCUT2D eigenvalue weighted by atomic mass is 32.2. The van der Waals surface area contributed by atoms with Crippen LogP contribution < -0.4 is 0 Å². The molecule has 0 saturated heterocycles. The Morgan fingerprint density at radius 1 is 1.56 bits per heavy atom. The summed E-state index contributed by atoms with van der Waals surface area (Å²) in [4.78, 5) is 0. The van der Waals surface area contributed by atoms with Crippen LogP contribution in [0.4, 0.5) is 0 Å². The molecule has 0 radical (unpaired) electrons. The van der Waals surface area contributed by atoms with Crippen LogP contribution in [0.1, 0.15) is 32.6 Å². The van der Waals surface area contributed by atoms with E-state index in [1.165, 1.54) is 6.92 Å². The molecule has 1 aliphatic carbocycles. The minimum absolute atomic E-state index is 0.0987. The van der Waals surface area contributed by atoms with Crippen LogP contribution in [0.3, 0.4) is 0 Å². The predicted octanol–water partition coefficient (Wildman–Crippen LogP) is 1.73. The lowest BCUT2D eigenvalue weighted by Gasteiger charge is -2.11. The quantitative estimate of drug-likeness (QED) is 0.703. The summed E-state index contributed by atoms with van der Waals surface area (Å²) in [6, 6.07) is 2.06. The average molecular weight is 242 g/mol. The Kier molecular flexibility index (Phi) is 4.50. The van der Waals surface area contributed by atoms with Crippen molar-refractivity contribution in [2.24, 2.45) is 5.16 Å². The Labute approximate surface area is 95.5 Å². The van der Waals surface area contributed by atoms with Gasteiger partial charge in [0.2, 0.25) is 0 Å². The van der Waals surface area contributed by atoms with Crippen LogP contribution in [0.25, 0.3) is 0 Å². The van der Waals surface area contributed by atoms with E-state index in [9.17, 15) is 8.42 Å². The molecular weight excluding hydrogens is 228 g/mol. The van der Waals surface area contributed by atoms with Gasteiger partial charge in [-0.2, -0.15) is 13.7 Å². The average Bonchev–Trinajstić information content (AvgIpc) is 2.28. The smallest absolute Gasteiger partial charge is 0.268 e. The lowest BCUT2D eigenvalue weighted by Crippen LogP contribution is -2.08. The minimum Gasteiger partial charge on any atom is -0.268 e. The zero-order chi connectivity index (χ0) is 12.0. The van der Waals surface area contributed by atoms with Gasteiger partial charge >= 0.3 is 10.1 Å². The van der Waals surface area contributed by atoms with E-state index in [0.29, 0.717) is 18.6 Å². The Balaban J connectivity index is 2.71. The number of hydrogen-bond acceptors (Lipinski definition) is 5. The van der Waals surface area contributed by atoms with Gasteiger partial charge in [-0.25, -0.2) is 0 Å². The largest absolute Gasteiger partial charge is 0.328 e. The molecule has 0 unspecified atom stereocenters. The number of rotatable bonds is 4. The lowest BCUT2D eigenvalue weighted by molar-refractivity contribution is 0.338. The maximum absolute atomic E-state index is 11.0. The minimum atomic E-state index is -3.53. The monoisotopic (exact) mass is 242 g/mol. The van der Waals surface area contributed by atoms with Crippen LogP contribution in [-0.2, 0) is 14.4 Å². The fourth-order valence-corrected chi connectivity index (χ4v) is 1.66. The number of nitrogens with zero attached hydrogens (tertiary/aromatic N) is 2. The van der Waals surface area contributed by atoms with Crippen LogP contribution in [-0.4, -0.2) is 19.9 Å². The van der Waals surface area contributed by atoms with Gasteiger partial charge in [0.25, 0.3) is 0 Å². The van der Waals surface area contributed by atoms with E-state index >= 15 is 0 Å². The summed E-state index contributed by atoms with van der Waals surface area (Å²) < 4.78 is 26.6. The third-order valence-corrected chi connectivity index (χ3v) is 3.24. The SMILES string of the molecule is CCS(=O)(=O)O/N=C1\C=C(CC#N)CCC1. The summed E-state index contributed by atoms with van der Waals surface area (Å²) in [5, 5.41) is 12.1. The van der Waals surface area contributed by atoms with Crippen molar-refractivity contribution in [3.63, 3.8) is 0 Å². The molecule has 0 aliphatic heterocycles. The standard InChI is InChI=1S/C10H14N2O3S/c1-2-16(13,14)15-12-10-5-3-4-9(8-10)6-7-11/h8H,2-6H2,1H3/b12-10-. The van der Waals surface area contributed by atoms with Crippen molar-refractivity contribution in [1.29, 1.82) is 5.26 Å². The lowest BCUT2D eigenvalue weighted by atomic mass is 9.96. The zero-order valence-corrected chi connectivity index (χ0v) is 9.96. The van der Waals surface area contributed by atoms with Gasteiger partial charge in [-0.05, 0) is 32.3 Å². The second kappa shape index (κ2) is 5.66. The van der Waals surface area contributed by atoms with Gasteiger partial charge in [-0.15, -0.1) is 0 Å². The fourth-order valence-electron chi connectivity index (χ4n) is 1.35. The number of oxime groups is 1. The third-order valence-electron chi connectivity index (χ3n) is 2.23. The van der Waals surface area contributed by atoms with E-state index in [1.54, 1.807) is 6.08 Å². The van der Waals surface area contributed by atoms with E-state index in [0.717, 1.165) is 18.4 Å². The van der Waals surface area contributed by atoms with Gasteiger partial charge in [0.05, 0.1) is 24.0 Å². The molecule has 1 rings (SSSR count). The third kappa shape index (κ3) is 4.03. The van der Waals surface area contributed by atoms with E-state index in [4.69, 9.17) is 5.26 Å². The molecule has 6 heteroatoms. The summed E-state index contributed by atoms with van der Waals surface area (Å²) in [7, 11) is -3.53. The molecule has 16 heavy (non-hydrogen) atoms. The molecule has 5 nitrogen and oxygen atoms in total. The van der Waals surface area contributed by atoms with E-state index in [-0.39, 0.29) is 5.75 Å². The first kappa shape index (κ1) is 12.7. The van der Waals surface area contributed by atoms with Crippen molar-refractivity contribution in [3.8, 4) is 6.07 Å². The van der Waals surface area contributed by atoms with Gasteiger partial charge in [0.15, 0.2) is 0 Å².